The molecule has 5 nitrogen and oxygen atoms in total. The summed E-state index contributed by atoms with van der Waals surface area (Å²) < 4.78 is 5.41. The third-order valence-electron chi connectivity index (χ3n) is 4.13. The van der Waals surface area contributed by atoms with E-state index in [1.807, 2.05) is 27.7 Å². The molecular weight excluding hydrogens is 270 g/mol. The number of fused-ring (bicyclic) bond motifs is 1. The maximum Gasteiger partial charge on any atom is 0.410 e. The van der Waals surface area contributed by atoms with Gasteiger partial charge in [0.05, 0.1) is 5.92 Å². The maximum absolute atomic E-state index is 12.2. The summed E-state index contributed by atoms with van der Waals surface area (Å²) in [7, 11) is 0. The summed E-state index contributed by atoms with van der Waals surface area (Å²) in [5.41, 5.74) is 0.210. The molecule has 2 rings (SSSR count). The number of allylic oxidation sites excluding steroid dienone is 1. The number of likely N-dealkylation sites (tertiary alicyclic amines) is 1. The number of nitrogens with zero attached hydrogens (tertiary/aromatic N) is 1. The lowest BCUT2D eigenvalue weighted by molar-refractivity contribution is -0.126. The third-order valence-corrected chi connectivity index (χ3v) is 4.13. The molecule has 1 aliphatic carbocycles. The number of rotatable bonds is 1. The predicted octanol–water partition coefficient (Wildman–Crippen LogP) is 2.35. The lowest BCUT2D eigenvalue weighted by atomic mass is 9.67. The Hall–Kier alpha value is -1.65. The normalized spacial score (nSPS) is 29.5. The molecule has 1 unspecified atom stereocenters. The average Bonchev–Trinajstić information content (AvgIpc) is 2.36. The Morgan fingerprint density at radius 3 is 2.71 bits per heavy atom. The molecule has 0 bridgehead atoms. The minimum Gasteiger partial charge on any atom is -0.444 e. The van der Waals surface area contributed by atoms with Gasteiger partial charge < -0.3 is 14.4 Å². The Morgan fingerprint density at radius 2 is 2.14 bits per heavy atom. The highest BCUT2D eigenvalue weighted by molar-refractivity contribution is 6.02. The fourth-order valence-electron chi connectivity index (χ4n) is 3.06. The van der Waals surface area contributed by atoms with Crippen LogP contribution in [0, 0.1) is 11.3 Å². The summed E-state index contributed by atoms with van der Waals surface area (Å²) >= 11 is 0. The second-order valence-corrected chi connectivity index (χ2v) is 7.23. The van der Waals surface area contributed by atoms with Gasteiger partial charge in [-0.3, -0.25) is 4.79 Å². The monoisotopic (exact) mass is 293 g/mol. The van der Waals surface area contributed by atoms with E-state index < -0.39 is 11.5 Å². The van der Waals surface area contributed by atoms with Crippen molar-refractivity contribution in [3.05, 3.63) is 11.6 Å². The van der Waals surface area contributed by atoms with Crippen LogP contribution >= 0.6 is 0 Å². The van der Waals surface area contributed by atoms with E-state index in [9.17, 15) is 14.4 Å². The summed E-state index contributed by atoms with van der Waals surface area (Å²) in [5.74, 6) is -0.694. The first-order chi connectivity index (χ1) is 9.64. The Bertz CT molecular complexity index is 503. The lowest BCUT2D eigenvalue weighted by Gasteiger charge is -2.45. The third kappa shape index (κ3) is 3.34. The van der Waals surface area contributed by atoms with Crippen molar-refractivity contribution in [1.82, 2.24) is 4.90 Å². The van der Waals surface area contributed by atoms with Gasteiger partial charge in [-0.2, -0.15) is 0 Å². The molecule has 116 valence electrons. The van der Waals surface area contributed by atoms with E-state index in [1.54, 1.807) is 11.0 Å². The van der Waals surface area contributed by atoms with Gasteiger partial charge in [0.25, 0.3) is 0 Å². The van der Waals surface area contributed by atoms with E-state index >= 15 is 0 Å². The first-order valence-corrected chi connectivity index (χ1v) is 7.33. The van der Waals surface area contributed by atoms with Crippen molar-refractivity contribution < 1.29 is 19.1 Å². The van der Waals surface area contributed by atoms with E-state index in [4.69, 9.17) is 4.74 Å². The van der Waals surface area contributed by atoms with Crippen LogP contribution in [0.3, 0.4) is 0 Å². The van der Waals surface area contributed by atoms with E-state index in [1.165, 1.54) is 0 Å². The molecule has 21 heavy (non-hydrogen) atoms. The van der Waals surface area contributed by atoms with Crippen molar-refractivity contribution in [2.75, 3.05) is 13.1 Å². The molecular formula is C16H23NO4. The number of carbonyl (C=O) groups is 3. The highest BCUT2D eigenvalue weighted by Gasteiger charge is 2.43. The van der Waals surface area contributed by atoms with Crippen LogP contribution in [0.4, 0.5) is 4.79 Å². The molecule has 1 aliphatic heterocycles. The van der Waals surface area contributed by atoms with E-state index in [-0.39, 0.29) is 17.3 Å². The van der Waals surface area contributed by atoms with Gasteiger partial charge >= 0.3 is 6.09 Å². The molecule has 0 aromatic carbocycles. The van der Waals surface area contributed by atoms with Crippen LogP contribution in [-0.4, -0.2) is 41.8 Å². The van der Waals surface area contributed by atoms with E-state index in [0.717, 1.165) is 5.57 Å². The second-order valence-electron chi connectivity index (χ2n) is 7.23. The molecule has 1 amide bonds. The van der Waals surface area contributed by atoms with Gasteiger partial charge in [0.2, 0.25) is 0 Å². The number of piperidine rings is 1. The van der Waals surface area contributed by atoms with E-state index in [0.29, 0.717) is 32.2 Å². The van der Waals surface area contributed by atoms with Gasteiger partial charge in [-0.05, 0) is 39.7 Å². The smallest absolute Gasteiger partial charge is 0.410 e. The van der Waals surface area contributed by atoms with Gasteiger partial charge in [0, 0.05) is 18.5 Å². The number of ketones is 1. The number of amides is 1. The Kier molecular flexibility index (Phi) is 3.95. The Labute approximate surface area is 125 Å². The zero-order valence-electron chi connectivity index (χ0n) is 13.1. The summed E-state index contributed by atoms with van der Waals surface area (Å²) in [6, 6.07) is 0. The van der Waals surface area contributed by atoms with Gasteiger partial charge in [-0.15, -0.1) is 0 Å². The maximum atomic E-state index is 12.2. The SMILES string of the molecule is CC(C)(C)OC(=O)N1CCC2=CC(=O)C(C=O)C[C@]2(C)C1. The molecule has 1 fully saturated rings. The minimum absolute atomic E-state index is 0.108. The quantitative estimate of drug-likeness (QED) is 0.550. The second kappa shape index (κ2) is 5.28. The van der Waals surface area contributed by atoms with Crippen LogP contribution in [0.15, 0.2) is 11.6 Å². The number of hydrogen-bond donors (Lipinski definition) is 0. The molecule has 0 N–H and O–H groups in total. The Morgan fingerprint density at radius 1 is 1.48 bits per heavy atom. The molecule has 0 radical (unpaired) electrons. The summed E-state index contributed by atoms with van der Waals surface area (Å²) in [6.45, 7) is 8.57. The van der Waals surface area contributed by atoms with Crippen molar-refractivity contribution in [2.24, 2.45) is 11.3 Å². The molecule has 2 aliphatic rings. The number of ether oxygens (including phenoxy) is 1. The van der Waals surface area contributed by atoms with Crippen LogP contribution in [0.5, 0.6) is 0 Å². The highest BCUT2D eigenvalue weighted by atomic mass is 16.6. The number of aldehydes is 1. The first-order valence-electron chi connectivity index (χ1n) is 7.33. The first kappa shape index (κ1) is 15.7. The van der Waals surface area contributed by atoms with Gasteiger partial charge in [0.15, 0.2) is 5.78 Å². The summed E-state index contributed by atoms with van der Waals surface area (Å²) in [5, 5.41) is 0. The van der Waals surface area contributed by atoms with Crippen molar-refractivity contribution in [1.29, 1.82) is 0 Å². The number of carbonyl (C=O) groups excluding carboxylic acids is 3. The lowest BCUT2D eigenvalue weighted by Crippen LogP contribution is -2.50. The fourth-order valence-corrected chi connectivity index (χ4v) is 3.06. The van der Waals surface area contributed by atoms with Crippen molar-refractivity contribution >= 4 is 18.2 Å². The molecule has 0 spiro atoms. The summed E-state index contributed by atoms with van der Waals surface area (Å²) in [4.78, 5) is 36.7. The zero-order valence-corrected chi connectivity index (χ0v) is 13.1. The fraction of sp³-hybridized carbons (Fsp3) is 0.688. The minimum atomic E-state index is -0.586. The molecule has 5 heteroatoms. The average molecular weight is 293 g/mol. The molecule has 1 saturated heterocycles. The van der Waals surface area contributed by atoms with E-state index in [2.05, 4.69) is 0 Å². The van der Waals surface area contributed by atoms with Crippen molar-refractivity contribution in [3.8, 4) is 0 Å². The molecule has 2 atom stereocenters. The molecule has 1 heterocycles. The standard InChI is InChI=1S/C16H23NO4/c1-15(2,3)21-14(20)17-6-5-12-7-13(19)11(9-18)8-16(12,4)10-17/h7,9,11H,5-6,8,10H2,1-4H3/t11?,16-/m1/s1. The van der Waals surface area contributed by atoms with Gasteiger partial charge in [-0.1, -0.05) is 12.5 Å². The highest BCUT2D eigenvalue weighted by Crippen LogP contribution is 2.43. The summed E-state index contributed by atoms with van der Waals surface area (Å²) in [6.07, 6.45) is 3.12. The van der Waals surface area contributed by atoms with Crippen LogP contribution in [0.25, 0.3) is 0 Å². The van der Waals surface area contributed by atoms with Crippen LogP contribution < -0.4 is 0 Å². The van der Waals surface area contributed by atoms with Crippen LogP contribution in [-0.2, 0) is 14.3 Å². The molecule has 0 aromatic rings. The Balaban J connectivity index is 2.15. The number of hydrogen-bond acceptors (Lipinski definition) is 4. The molecule has 0 aromatic heterocycles. The van der Waals surface area contributed by atoms with Gasteiger partial charge in [-0.25, -0.2) is 4.79 Å². The van der Waals surface area contributed by atoms with Crippen LogP contribution in [0.2, 0.25) is 0 Å². The topological polar surface area (TPSA) is 63.7 Å². The zero-order chi connectivity index (χ0) is 15.8. The molecule has 0 saturated carbocycles. The van der Waals surface area contributed by atoms with Gasteiger partial charge in [0.1, 0.15) is 11.9 Å². The van der Waals surface area contributed by atoms with Crippen molar-refractivity contribution in [2.45, 2.75) is 46.1 Å². The van der Waals surface area contributed by atoms with Crippen molar-refractivity contribution in [3.63, 3.8) is 0 Å². The largest absolute Gasteiger partial charge is 0.444 e. The van der Waals surface area contributed by atoms with Crippen LogP contribution in [0.1, 0.15) is 40.5 Å². The predicted molar refractivity (Wildman–Crippen MR) is 77.8 cm³/mol.